The van der Waals surface area contributed by atoms with E-state index in [-0.39, 0.29) is 12.7 Å². The molecule has 164 valence electrons. The molecule has 0 amide bonds. The van der Waals surface area contributed by atoms with Crippen LogP contribution in [-0.2, 0) is 6.42 Å². The monoisotopic (exact) mass is 437 g/mol. The van der Waals surface area contributed by atoms with Crippen LogP contribution in [0.4, 0.5) is 5.69 Å². The molecule has 1 unspecified atom stereocenters. The number of rotatable bonds is 6. The summed E-state index contributed by atoms with van der Waals surface area (Å²) in [6.07, 6.45) is 9.17. The number of aliphatic hydroxyl groups excluding tert-OH is 1. The lowest BCUT2D eigenvalue weighted by Crippen LogP contribution is -2.38. The average Bonchev–Trinajstić information content (AvgIpc) is 3.34. The summed E-state index contributed by atoms with van der Waals surface area (Å²) >= 11 is 1.78. The number of fused-ring (bicyclic) bond motifs is 3. The predicted octanol–water partition coefficient (Wildman–Crippen LogP) is 5.24. The Morgan fingerprint density at radius 3 is 2.71 bits per heavy atom. The smallest absolute Gasteiger partial charge is 0.225 e. The van der Waals surface area contributed by atoms with Gasteiger partial charge in [0, 0.05) is 30.3 Å². The van der Waals surface area contributed by atoms with Crippen molar-refractivity contribution in [2.45, 2.75) is 69.9 Å². The molecular weight excluding hydrogens is 406 g/mol. The number of aliphatic hydroxyl groups is 1. The molecule has 0 bridgehead atoms. The number of ether oxygens (including phenoxy) is 1. The van der Waals surface area contributed by atoms with Crippen LogP contribution in [0, 0.1) is 6.92 Å². The Bertz CT molecular complexity index is 1060. The Kier molecular flexibility index (Phi) is 5.85. The molecule has 1 fully saturated rings. The fourth-order valence-corrected chi connectivity index (χ4v) is 6.67. The van der Waals surface area contributed by atoms with Gasteiger partial charge in [0.05, 0.1) is 5.39 Å². The Hall–Kier alpha value is -2.18. The van der Waals surface area contributed by atoms with Crippen molar-refractivity contribution in [3.8, 4) is 5.88 Å². The van der Waals surface area contributed by atoms with Crippen LogP contribution in [0.1, 0.15) is 60.4 Å². The molecule has 0 spiro atoms. The molecule has 31 heavy (non-hydrogen) atoms. The minimum absolute atomic E-state index is 0.202. The Morgan fingerprint density at radius 2 is 1.94 bits per heavy atom. The zero-order valence-electron chi connectivity index (χ0n) is 18.4. The van der Waals surface area contributed by atoms with Crippen molar-refractivity contribution in [3.63, 3.8) is 0 Å². The van der Waals surface area contributed by atoms with E-state index in [0.29, 0.717) is 12.0 Å². The van der Waals surface area contributed by atoms with Crippen LogP contribution < -0.4 is 9.64 Å². The van der Waals surface area contributed by atoms with E-state index >= 15 is 0 Å². The van der Waals surface area contributed by atoms with Gasteiger partial charge in [0.25, 0.3) is 0 Å². The Labute approximate surface area is 188 Å². The molecule has 1 atom stereocenters. The van der Waals surface area contributed by atoms with E-state index < -0.39 is 0 Å². The van der Waals surface area contributed by atoms with E-state index in [1.165, 1.54) is 21.7 Å². The lowest BCUT2D eigenvalue weighted by atomic mass is 9.91. The fourth-order valence-electron chi connectivity index (χ4n) is 5.44. The second-order valence-electron chi connectivity index (χ2n) is 8.99. The highest BCUT2D eigenvalue weighted by Gasteiger charge is 2.31. The summed E-state index contributed by atoms with van der Waals surface area (Å²) in [6.45, 7) is 2.41. The van der Waals surface area contributed by atoms with Gasteiger partial charge in [-0.2, -0.15) is 0 Å². The van der Waals surface area contributed by atoms with Crippen molar-refractivity contribution in [2.24, 2.45) is 0 Å². The highest BCUT2D eigenvalue weighted by atomic mass is 32.1. The van der Waals surface area contributed by atoms with Crippen molar-refractivity contribution in [3.05, 3.63) is 46.6 Å². The predicted molar refractivity (Wildman–Crippen MR) is 126 cm³/mol. The van der Waals surface area contributed by atoms with Crippen LogP contribution in [0.5, 0.6) is 5.88 Å². The van der Waals surface area contributed by atoms with Crippen molar-refractivity contribution in [2.75, 3.05) is 18.6 Å². The van der Waals surface area contributed by atoms with E-state index in [1.54, 1.807) is 17.7 Å². The van der Waals surface area contributed by atoms with Gasteiger partial charge in [0.15, 0.2) is 0 Å². The van der Waals surface area contributed by atoms with Crippen LogP contribution in [-0.4, -0.2) is 40.9 Å². The molecule has 1 saturated carbocycles. The van der Waals surface area contributed by atoms with Crippen molar-refractivity contribution in [1.82, 2.24) is 9.97 Å². The molecule has 2 aromatic heterocycles. The first kappa shape index (κ1) is 20.7. The van der Waals surface area contributed by atoms with Gasteiger partial charge in [-0.1, -0.05) is 18.2 Å². The first-order chi connectivity index (χ1) is 15.2. The first-order valence-corrected chi connectivity index (χ1v) is 12.3. The number of aromatic nitrogens is 2. The summed E-state index contributed by atoms with van der Waals surface area (Å²) < 4.78 is 6.51. The van der Waals surface area contributed by atoms with Crippen LogP contribution in [0.15, 0.2) is 30.6 Å². The van der Waals surface area contributed by atoms with Gasteiger partial charge >= 0.3 is 0 Å². The van der Waals surface area contributed by atoms with E-state index in [9.17, 15) is 5.11 Å². The van der Waals surface area contributed by atoms with Crippen LogP contribution in [0.2, 0.25) is 0 Å². The number of hydrogen-bond donors (Lipinski definition) is 1. The minimum Gasteiger partial charge on any atom is -0.474 e. The zero-order valence-corrected chi connectivity index (χ0v) is 19.2. The summed E-state index contributed by atoms with van der Waals surface area (Å²) in [5.74, 6) is 1.16. The number of aryl methyl sites for hydroxylation is 2. The normalized spacial score (nSPS) is 23.1. The summed E-state index contributed by atoms with van der Waals surface area (Å²) in [7, 11) is 2.22. The molecule has 0 aliphatic heterocycles. The van der Waals surface area contributed by atoms with Crippen molar-refractivity contribution < 1.29 is 9.84 Å². The van der Waals surface area contributed by atoms with Crippen molar-refractivity contribution >= 4 is 27.2 Å². The molecule has 3 aromatic rings. The summed E-state index contributed by atoms with van der Waals surface area (Å²) in [5.41, 5.74) is 4.00. The molecule has 2 aliphatic rings. The molecule has 2 aliphatic carbocycles. The SMILES string of the molecule is Cc1ccccc1N(C)[C@H]1CC[C@H](Oc2ncnc3sc4c(c23)C(CCO)CC4)CC1. The maximum Gasteiger partial charge on any atom is 0.225 e. The van der Waals surface area contributed by atoms with Crippen LogP contribution >= 0.6 is 11.3 Å². The number of para-hydroxylation sites is 1. The topological polar surface area (TPSA) is 58.5 Å². The fraction of sp³-hybridized carbons (Fsp3) is 0.520. The number of thiophene rings is 1. The third kappa shape index (κ3) is 3.92. The quantitative estimate of drug-likeness (QED) is 0.572. The van der Waals surface area contributed by atoms with E-state index in [4.69, 9.17) is 4.74 Å². The highest BCUT2D eigenvalue weighted by molar-refractivity contribution is 7.19. The molecule has 5 nitrogen and oxygen atoms in total. The molecule has 5 rings (SSSR count). The van der Waals surface area contributed by atoms with Gasteiger partial charge in [-0.3, -0.25) is 0 Å². The lowest BCUT2D eigenvalue weighted by Gasteiger charge is -2.36. The maximum atomic E-state index is 9.50. The average molecular weight is 438 g/mol. The zero-order chi connectivity index (χ0) is 21.4. The number of benzene rings is 1. The lowest BCUT2D eigenvalue weighted by molar-refractivity contribution is 0.142. The summed E-state index contributed by atoms with van der Waals surface area (Å²) in [6, 6.07) is 9.18. The highest BCUT2D eigenvalue weighted by Crippen LogP contribution is 2.47. The number of nitrogens with zero attached hydrogens (tertiary/aromatic N) is 3. The van der Waals surface area contributed by atoms with Gasteiger partial charge in [-0.25, -0.2) is 9.97 Å². The van der Waals surface area contributed by atoms with Gasteiger partial charge in [0.2, 0.25) is 5.88 Å². The van der Waals surface area contributed by atoms with Gasteiger partial charge in [-0.15, -0.1) is 11.3 Å². The molecule has 1 aromatic carbocycles. The molecule has 2 heterocycles. The molecule has 6 heteroatoms. The van der Waals surface area contributed by atoms with E-state index in [2.05, 4.69) is 53.1 Å². The Morgan fingerprint density at radius 1 is 1.13 bits per heavy atom. The van der Waals surface area contributed by atoms with Gasteiger partial charge < -0.3 is 14.7 Å². The molecular formula is C25H31N3O2S. The maximum absolute atomic E-state index is 9.50. The van der Waals surface area contributed by atoms with E-state index in [0.717, 1.165) is 61.0 Å². The standard InChI is InChI=1S/C25H31N3O2S/c1-16-5-3-4-6-20(16)28(2)18-8-10-19(11-9-18)30-24-23-22-17(13-14-29)7-12-21(22)31-25(23)27-15-26-24/h3-6,15,17-19,29H,7-14H2,1-2H3/t17?,18-,19-. The first-order valence-electron chi connectivity index (χ1n) is 11.5. The summed E-state index contributed by atoms with van der Waals surface area (Å²) in [4.78, 5) is 14.0. The summed E-state index contributed by atoms with van der Waals surface area (Å²) in [5, 5.41) is 10.6. The minimum atomic E-state index is 0.202. The van der Waals surface area contributed by atoms with E-state index in [1.807, 2.05) is 0 Å². The van der Waals surface area contributed by atoms with Gasteiger partial charge in [0.1, 0.15) is 17.3 Å². The number of anilines is 1. The Balaban J connectivity index is 1.30. The van der Waals surface area contributed by atoms with Gasteiger partial charge in [-0.05, 0) is 75.0 Å². The molecule has 0 saturated heterocycles. The van der Waals surface area contributed by atoms with Crippen LogP contribution in [0.3, 0.4) is 0 Å². The largest absolute Gasteiger partial charge is 0.474 e. The molecule has 0 radical (unpaired) electrons. The number of hydrogen-bond acceptors (Lipinski definition) is 6. The van der Waals surface area contributed by atoms with Crippen LogP contribution in [0.25, 0.3) is 10.2 Å². The second kappa shape index (κ2) is 8.75. The third-order valence-electron chi connectivity index (χ3n) is 7.14. The van der Waals surface area contributed by atoms with Crippen molar-refractivity contribution in [1.29, 1.82) is 0 Å². The third-order valence-corrected chi connectivity index (χ3v) is 8.31. The second-order valence-corrected chi connectivity index (χ2v) is 10.1. The molecule has 1 N–H and O–H groups in total.